The molecule has 0 radical (unpaired) electrons. The van der Waals surface area contributed by atoms with Gasteiger partial charge in [0, 0.05) is 37.9 Å². The highest BCUT2D eigenvalue weighted by atomic mass is 19.1. The van der Waals surface area contributed by atoms with Gasteiger partial charge in [-0.25, -0.2) is 27.9 Å². The Morgan fingerprint density at radius 1 is 0.953 bits per heavy atom. The molecule has 0 amide bonds. The number of hydrogen-bond donors (Lipinski definition) is 0. The van der Waals surface area contributed by atoms with Crippen LogP contribution >= 0.6 is 0 Å². The number of benzene rings is 3. The molecule has 0 spiro atoms. The maximum atomic E-state index is 15.4. The van der Waals surface area contributed by atoms with Gasteiger partial charge in [0.25, 0.3) is 0 Å². The van der Waals surface area contributed by atoms with Crippen LogP contribution in [0.25, 0.3) is 22.4 Å². The van der Waals surface area contributed by atoms with Crippen molar-refractivity contribution in [2.24, 2.45) is 0 Å². The van der Waals surface area contributed by atoms with Crippen molar-refractivity contribution >= 4 is 17.0 Å². The van der Waals surface area contributed by atoms with Crippen LogP contribution in [0.1, 0.15) is 32.9 Å². The first kappa shape index (κ1) is 29.2. The number of rotatable bonds is 10. The third-order valence-electron chi connectivity index (χ3n) is 6.68. The highest BCUT2D eigenvalue weighted by Crippen LogP contribution is 2.27. The second kappa shape index (κ2) is 12.7. The van der Waals surface area contributed by atoms with Gasteiger partial charge in [-0.1, -0.05) is 6.07 Å². The van der Waals surface area contributed by atoms with Crippen LogP contribution in [0.5, 0.6) is 5.88 Å². The Labute approximate surface area is 244 Å². The summed E-state index contributed by atoms with van der Waals surface area (Å²) in [5.74, 6) is -2.24. The van der Waals surface area contributed by atoms with Crippen LogP contribution < -0.4 is 4.74 Å². The Bertz CT molecular complexity index is 1870. The molecule has 2 heterocycles. The van der Waals surface area contributed by atoms with E-state index >= 15 is 8.78 Å². The summed E-state index contributed by atoms with van der Waals surface area (Å²) in [7, 11) is 2.83. The second-order valence-corrected chi connectivity index (χ2v) is 9.39. The van der Waals surface area contributed by atoms with Gasteiger partial charge in [0.1, 0.15) is 29.9 Å². The van der Waals surface area contributed by atoms with E-state index in [9.17, 15) is 9.18 Å². The van der Waals surface area contributed by atoms with Crippen molar-refractivity contribution in [2.75, 3.05) is 20.8 Å². The zero-order valence-electron chi connectivity index (χ0n) is 23.1. The number of nitrogens with zero attached hydrogens (tertiary/aromatic N) is 5. The van der Waals surface area contributed by atoms with Crippen LogP contribution in [-0.2, 0) is 29.0 Å². The fourth-order valence-corrected chi connectivity index (χ4v) is 4.49. The lowest BCUT2D eigenvalue weighted by Gasteiger charge is -2.11. The lowest BCUT2D eigenvalue weighted by atomic mass is 10.1. The van der Waals surface area contributed by atoms with Gasteiger partial charge in [0.15, 0.2) is 5.82 Å². The molecule has 0 atom stereocenters. The van der Waals surface area contributed by atoms with Crippen molar-refractivity contribution in [2.45, 2.75) is 19.6 Å². The Hall–Kier alpha value is -5.28. The Kier molecular flexibility index (Phi) is 8.64. The lowest BCUT2D eigenvalue weighted by Crippen LogP contribution is -2.10. The molecule has 0 saturated carbocycles. The predicted octanol–water partition coefficient (Wildman–Crippen LogP) is 5.39. The van der Waals surface area contributed by atoms with E-state index in [1.807, 2.05) is 6.07 Å². The van der Waals surface area contributed by atoms with Crippen LogP contribution in [0, 0.1) is 28.8 Å². The van der Waals surface area contributed by atoms with Crippen LogP contribution in [-0.4, -0.2) is 46.3 Å². The van der Waals surface area contributed by atoms with E-state index in [0.29, 0.717) is 35.6 Å². The van der Waals surface area contributed by atoms with E-state index in [0.717, 1.165) is 18.2 Å². The van der Waals surface area contributed by atoms with Gasteiger partial charge < -0.3 is 18.8 Å². The van der Waals surface area contributed by atoms with Gasteiger partial charge in [-0.2, -0.15) is 10.2 Å². The van der Waals surface area contributed by atoms with Crippen molar-refractivity contribution in [3.8, 4) is 23.3 Å². The molecule has 3 aromatic carbocycles. The Balaban J connectivity index is 1.40. The molecule has 0 aliphatic rings. The van der Waals surface area contributed by atoms with E-state index in [-0.39, 0.29) is 47.0 Å². The monoisotopic (exact) mass is 587 g/mol. The zero-order chi connectivity index (χ0) is 30.5. The molecule has 0 aliphatic carbocycles. The molecule has 0 saturated heterocycles. The first-order chi connectivity index (χ1) is 20.8. The molecular formula is C31H24F3N5O4. The summed E-state index contributed by atoms with van der Waals surface area (Å²) < 4.78 is 62.3. The molecule has 0 fully saturated rings. The molecule has 0 bridgehead atoms. The molecule has 43 heavy (non-hydrogen) atoms. The zero-order valence-corrected chi connectivity index (χ0v) is 23.1. The lowest BCUT2D eigenvalue weighted by molar-refractivity contribution is 0.0601. The number of carbonyl (C=O) groups is 1. The number of aromatic nitrogens is 4. The number of hydrogen-bond acceptors (Lipinski definition) is 8. The predicted molar refractivity (Wildman–Crippen MR) is 149 cm³/mol. The molecular weight excluding hydrogens is 563 g/mol. The molecule has 0 unspecified atom stereocenters. The van der Waals surface area contributed by atoms with Crippen LogP contribution in [0.2, 0.25) is 0 Å². The largest absolute Gasteiger partial charge is 0.473 e. The van der Waals surface area contributed by atoms with Crippen molar-refractivity contribution in [1.82, 2.24) is 19.5 Å². The normalized spacial score (nSPS) is 11.0. The van der Waals surface area contributed by atoms with Gasteiger partial charge in [0.2, 0.25) is 5.88 Å². The topological polar surface area (TPSA) is 112 Å². The fraction of sp³-hybridized carbons (Fsp3) is 0.194. The van der Waals surface area contributed by atoms with Crippen LogP contribution in [0.3, 0.4) is 0 Å². The molecule has 2 aromatic heterocycles. The molecule has 5 rings (SSSR count). The summed E-state index contributed by atoms with van der Waals surface area (Å²) in [5, 5.41) is 8.89. The molecule has 12 heteroatoms. The van der Waals surface area contributed by atoms with E-state index in [1.165, 1.54) is 31.5 Å². The third-order valence-corrected chi connectivity index (χ3v) is 6.68. The van der Waals surface area contributed by atoms with Gasteiger partial charge in [-0.05, 0) is 48.0 Å². The fourth-order valence-electron chi connectivity index (χ4n) is 4.49. The quantitative estimate of drug-likeness (QED) is 0.200. The summed E-state index contributed by atoms with van der Waals surface area (Å²) in [6, 6.07) is 14.2. The van der Waals surface area contributed by atoms with Gasteiger partial charge in [-0.15, -0.1) is 0 Å². The number of ether oxygens (including phenoxy) is 3. The smallest absolute Gasteiger partial charge is 0.337 e. The molecule has 9 nitrogen and oxygen atoms in total. The highest BCUT2D eigenvalue weighted by Gasteiger charge is 2.19. The number of fused-ring (bicyclic) bond motifs is 1. The van der Waals surface area contributed by atoms with E-state index in [4.69, 9.17) is 19.5 Å². The Morgan fingerprint density at radius 3 is 2.51 bits per heavy atom. The van der Waals surface area contributed by atoms with Crippen LogP contribution in [0.4, 0.5) is 13.2 Å². The second-order valence-electron chi connectivity index (χ2n) is 9.39. The van der Waals surface area contributed by atoms with Gasteiger partial charge >= 0.3 is 5.97 Å². The molecule has 5 aromatic rings. The van der Waals surface area contributed by atoms with Crippen molar-refractivity contribution in [1.29, 1.82) is 5.26 Å². The molecule has 0 aliphatic heterocycles. The van der Waals surface area contributed by atoms with E-state index < -0.39 is 23.4 Å². The molecule has 0 N–H and O–H groups in total. The maximum Gasteiger partial charge on any atom is 0.337 e. The minimum absolute atomic E-state index is 0.0239. The molecule has 218 valence electrons. The van der Waals surface area contributed by atoms with Gasteiger partial charge in [0.05, 0.1) is 47.5 Å². The summed E-state index contributed by atoms with van der Waals surface area (Å²) >= 11 is 0. The summed E-state index contributed by atoms with van der Waals surface area (Å²) in [6.45, 7) is 0.487. The van der Waals surface area contributed by atoms with Crippen LogP contribution in [0.15, 0.2) is 60.8 Å². The number of carbonyl (C=O) groups excluding carboxylic acids is 1. The SMILES string of the molecule is COCCn1c(Cc2cc(F)c(-c3nccc(OCc4ccc(C#N)cc4F)n3)cc2F)nc2ccc(C(=O)OC)cc21. The number of halogens is 3. The van der Waals surface area contributed by atoms with Crippen molar-refractivity contribution in [3.05, 3.63) is 106 Å². The summed E-state index contributed by atoms with van der Waals surface area (Å²) in [4.78, 5) is 24.9. The minimum atomic E-state index is -0.765. The average Bonchev–Trinajstić information content (AvgIpc) is 3.36. The third kappa shape index (κ3) is 6.32. The van der Waals surface area contributed by atoms with Crippen molar-refractivity contribution in [3.63, 3.8) is 0 Å². The first-order valence-corrected chi connectivity index (χ1v) is 13.0. The standard InChI is InChI=1S/C31H24F3N5O4/c1-41-10-9-39-27-13-19(31(40)42-2)5-6-26(27)37-28(39)14-21-12-25(34)22(15-24(21)33)30-36-8-7-29(38-30)43-17-20-4-3-18(16-35)11-23(20)32/h3-8,11-13,15H,9-10,14,17H2,1-2H3. The van der Waals surface area contributed by atoms with E-state index in [1.54, 1.807) is 29.9 Å². The highest BCUT2D eigenvalue weighted by molar-refractivity contribution is 5.93. The number of methoxy groups -OCH3 is 2. The maximum absolute atomic E-state index is 15.4. The first-order valence-electron chi connectivity index (χ1n) is 13.0. The number of esters is 1. The number of nitriles is 1. The van der Waals surface area contributed by atoms with Gasteiger partial charge in [-0.3, -0.25) is 0 Å². The van der Waals surface area contributed by atoms with Crippen molar-refractivity contribution < 1.29 is 32.2 Å². The average molecular weight is 588 g/mol. The number of imidazole rings is 1. The Morgan fingerprint density at radius 2 is 1.77 bits per heavy atom. The minimum Gasteiger partial charge on any atom is -0.473 e. The summed E-state index contributed by atoms with van der Waals surface area (Å²) in [6.07, 6.45) is 1.27. The summed E-state index contributed by atoms with van der Waals surface area (Å²) in [5.41, 5.74) is 1.75. The van der Waals surface area contributed by atoms with E-state index in [2.05, 4.69) is 15.0 Å².